The van der Waals surface area contributed by atoms with Gasteiger partial charge in [0, 0.05) is 132 Å². The fourth-order valence-electron chi connectivity index (χ4n) is 16.9. The molecule has 10 aromatic rings. The van der Waals surface area contributed by atoms with E-state index in [1.807, 2.05) is 12.1 Å². The van der Waals surface area contributed by atoms with Gasteiger partial charge in [-0.3, -0.25) is 0 Å². The van der Waals surface area contributed by atoms with Crippen molar-refractivity contribution in [2.75, 3.05) is 0 Å². The Bertz CT molecular complexity index is 5020. The normalized spacial score (nSPS) is 13.5. The molecule has 685 valence electrons. The molecular weight excluding hydrogens is 2480 g/mol. The summed E-state index contributed by atoms with van der Waals surface area (Å²) < 4.78 is 0. The van der Waals surface area contributed by atoms with Crippen molar-refractivity contribution in [3.05, 3.63) is 237 Å². The van der Waals surface area contributed by atoms with Gasteiger partial charge in [0.25, 0.3) is 0 Å². The average Bonchev–Trinajstić information content (AvgIpc) is 0.829. The number of hydrogen-bond donors (Lipinski definition) is 0. The topological polar surface area (TPSA) is 64.5 Å². The summed E-state index contributed by atoms with van der Waals surface area (Å²) in [7, 11) is -6.86. The minimum absolute atomic E-state index is 0. The molecule has 5 radical (unpaired) electrons. The molecule has 0 spiro atoms. The van der Waals surface area contributed by atoms with Crippen LogP contribution in [0.25, 0.3) is 56.3 Å². The standard InChI is InChI=1S/C25H36NSi.C23H32NSi.C23H34NSi.C21H30NSi.C17H22NSi.5Ir/c1-25(2,3)22-14-10-13-20(16-22)23-17-21(15-19-11-8-7-9-12-19)24(18-26-23)27(4,5)6;1-17(2)19-11-8-12-20(14-19)22-15-21(13-18-9-6-7-10-18)23(16-24-22)25(3,4)5;1-22(2,3)15-18-14-20(24-16-21(18)25(7,8)9)17-11-10-12-19(13-17)23(4,5)6;1-14(2)17-9-10-18(16(5)11-17)20-12-19(15(3)4)21(13-22-20)23(6,7)8;1-12-7-8-15(13(2)9-12)16-10-14(3)17(11-18-16)19(4,5)6;;;;;/h10,14,16-19H,7-9,11-12,15H2,1-6H3;8,11,14-18H,6-7,9-10,13H2,1-5H3;10,12-14,16H,15H2,1-9H3;9,11-15H,1-8H3;7,9-11H,1-6H3;;;;;/q5*-1;;;;;. The molecule has 5 aromatic heterocycles. The van der Waals surface area contributed by atoms with Crippen molar-refractivity contribution in [3.8, 4) is 56.3 Å². The molecule has 2 aliphatic rings. The number of pyridine rings is 5. The molecule has 0 amide bonds. The van der Waals surface area contributed by atoms with Gasteiger partial charge in [-0.1, -0.05) is 345 Å². The Morgan fingerprint density at radius 1 is 0.339 bits per heavy atom. The van der Waals surface area contributed by atoms with E-state index >= 15 is 0 Å². The van der Waals surface area contributed by atoms with Crippen LogP contribution in [-0.2, 0) is 131 Å². The Balaban J connectivity index is 0.000000398. The molecule has 15 heteroatoms. The fraction of sp³-hybridized carbons (Fsp3) is 0.495. The summed E-state index contributed by atoms with van der Waals surface area (Å²) in [6.07, 6.45) is 26.9. The van der Waals surface area contributed by atoms with E-state index in [4.69, 9.17) is 19.9 Å². The smallest absolute Gasteiger partial charge is 0.0799 e. The molecule has 2 aliphatic carbocycles. The third kappa shape index (κ3) is 33.8. The van der Waals surface area contributed by atoms with E-state index in [0.29, 0.717) is 17.8 Å². The molecule has 0 atom stereocenters. The van der Waals surface area contributed by atoms with E-state index in [2.05, 4.69) is 393 Å². The van der Waals surface area contributed by atoms with Crippen molar-refractivity contribution in [1.82, 2.24) is 24.9 Å². The maximum absolute atomic E-state index is 4.90. The molecule has 5 nitrogen and oxygen atoms in total. The van der Waals surface area contributed by atoms with Crippen LogP contribution in [-0.4, -0.2) is 65.3 Å². The number of aryl methyl sites for hydroxylation is 4. The zero-order chi connectivity index (χ0) is 88.3. The molecule has 0 bridgehead atoms. The summed E-state index contributed by atoms with van der Waals surface area (Å²) in [6.45, 7) is 78.7. The first-order valence-electron chi connectivity index (χ1n) is 45.2. The monoisotopic (exact) mass is 2640 g/mol. The second kappa shape index (κ2) is 48.5. The number of aromatic nitrogens is 5. The van der Waals surface area contributed by atoms with Crippen molar-refractivity contribution < 1.29 is 101 Å². The number of rotatable bonds is 18. The van der Waals surface area contributed by atoms with E-state index < -0.39 is 40.4 Å². The van der Waals surface area contributed by atoms with Gasteiger partial charge in [0.15, 0.2) is 0 Å². The van der Waals surface area contributed by atoms with Crippen molar-refractivity contribution in [1.29, 1.82) is 0 Å². The summed E-state index contributed by atoms with van der Waals surface area (Å²) >= 11 is 0. The van der Waals surface area contributed by atoms with Crippen LogP contribution in [0.2, 0.25) is 98.2 Å². The SMILES string of the molecule is CC(C)(C)Cc1cc(-c2[c-]ccc(C(C)(C)C)c2)ncc1[Si](C)(C)C.CC(C)(C)c1cc[c-]c(-c2cc(CC3CCCCC3)c([Si](C)(C)C)cn2)c1.CC(C)c1cc[c-]c(-c2cc(CC3CCCC3)c([Si](C)(C)C)cn2)c1.Cc1c[c-]c(-c2cc(C)c([Si](C)(C)C)cn2)c(C)c1.Cc1cc(C(C)C)c[c-]c1-c1cc(C(C)C)c([Si](C)(C)C)cn1.[Ir].[Ir].[Ir].[Ir].[Ir]. The van der Waals surface area contributed by atoms with Gasteiger partial charge in [0.1, 0.15) is 0 Å². The summed E-state index contributed by atoms with van der Waals surface area (Å²) in [6, 6.07) is 56.7. The summed E-state index contributed by atoms with van der Waals surface area (Å²) in [4.78, 5) is 24.1. The Morgan fingerprint density at radius 2 is 0.685 bits per heavy atom. The largest absolute Gasteiger partial charge is 0.305 e. The predicted octanol–water partition coefficient (Wildman–Crippen LogP) is 28.1. The maximum Gasteiger partial charge on any atom is 0.0799 e. The first-order valence-corrected chi connectivity index (χ1v) is 62.7. The molecular formula is C109H154Ir5N5Si5-5. The van der Waals surface area contributed by atoms with Gasteiger partial charge in [-0.15, -0.1) is 176 Å². The van der Waals surface area contributed by atoms with E-state index in [0.717, 1.165) is 74.5 Å². The van der Waals surface area contributed by atoms with Gasteiger partial charge >= 0.3 is 0 Å². The van der Waals surface area contributed by atoms with Gasteiger partial charge in [0.05, 0.1) is 40.4 Å². The van der Waals surface area contributed by atoms with Gasteiger partial charge in [0.2, 0.25) is 0 Å². The molecule has 124 heavy (non-hydrogen) atoms. The molecule has 0 aliphatic heterocycles. The molecule has 2 fully saturated rings. The first-order chi connectivity index (χ1) is 55.2. The Hall–Kier alpha value is -3.82. The van der Waals surface area contributed by atoms with Crippen LogP contribution in [0.1, 0.15) is 246 Å². The van der Waals surface area contributed by atoms with Gasteiger partial charge < -0.3 is 24.9 Å². The van der Waals surface area contributed by atoms with Gasteiger partial charge in [-0.05, 0) is 121 Å². The quantitative estimate of drug-likeness (QED) is 0.0633. The maximum atomic E-state index is 4.90. The second-order valence-corrected chi connectivity index (χ2v) is 69.7. The van der Waals surface area contributed by atoms with Crippen LogP contribution in [0.15, 0.2) is 140 Å². The van der Waals surface area contributed by atoms with Crippen LogP contribution in [0, 0.1) is 75.3 Å². The van der Waals surface area contributed by atoms with Crippen LogP contribution in [0.5, 0.6) is 0 Å². The molecule has 0 unspecified atom stereocenters. The second-order valence-electron chi connectivity index (χ2n) is 44.5. The number of benzene rings is 5. The van der Waals surface area contributed by atoms with Crippen LogP contribution < -0.4 is 25.9 Å². The molecule has 12 rings (SSSR count). The Kier molecular flexibility index (Phi) is 44.8. The molecule has 0 N–H and O–H groups in total. The van der Waals surface area contributed by atoms with Crippen LogP contribution in [0.4, 0.5) is 0 Å². The summed E-state index contributed by atoms with van der Waals surface area (Å²) in [5, 5.41) is 7.50. The van der Waals surface area contributed by atoms with E-state index in [9.17, 15) is 0 Å². The predicted molar refractivity (Wildman–Crippen MR) is 535 cm³/mol. The summed E-state index contributed by atoms with van der Waals surface area (Å²) in [5.74, 6) is 3.32. The van der Waals surface area contributed by atoms with Crippen molar-refractivity contribution in [2.45, 2.75) is 335 Å². The van der Waals surface area contributed by atoms with E-state index in [-0.39, 0.29) is 117 Å². The van der Waals surface area contributed by atoms with Crippen molar-refractivity contribution in [3.63, 3.8) is 0 Å². The number of hydrogen-bond acceptors (Lipinski definition) is 5. The van der Waals surface area contributed by atoms with Crippen LogP contribution >= 0.6 is 0 Å². The zero-order valence-electron chi connectivity index (χ0n) is 82.6. The first kappa shape index (κ1) is 114. The zero-order valence-corrected chi connectivity index (χ0v) is 99.5. The van der Waals surface area contributed by atoms with Crippen LogP contribution in [0.3, 0.4) is 0 Å². The van der Waals surface area contributed by atoms with Gasteiger partial charge in [-0.25, -0.2) is 0 Å². The number of nitrogens with zero attached hydrogens (tertiary/aromatic N) is 5. The molecule has 5 heterocycles. The molecule has 0 saturated heterocycles. The minimum Gasteiger partial charge on any atom is -0.305 e. The van der Waals surface area contributed by atoms with Gasteiger partial charge in [-0.2, -0.15) is 0 Å². The van der Waals surface area contributed by atoms with E-state index in [1.165, 1.54) is 142 Å². The van der Waals surface area contributed by atoms with E-state index in [1.54, 1.807) is 21.5 Å². The fourth-order valence-corrected chi connectivity index (χ4v) is 25.0. The third-order valence-electron chi connectivity index (χ3n) is 23.9. The minimum atomic E-state index is -1.42. The Morgan fingerprint density at radius 3 is 1.06 bits per heavy atom. The molecule has 5 aromatic carbocycles. The average molecular weight is 2640 g/mol. The third-order valence-corrected chi connectivity index (χ3v) is 34.3. The van der Waals surface area contributed by atoms with Crippen molar-refractivity contribution in [2.24, 2.45) is 17.3 Å². The molecule has 2 saturated carbocycles. The summed E-state index contributed by atoms with van der Waals surface area (Å²) in [5.41, 5.74) is 28.0. The Labute approximate surface area is 829 Å². The van der Waals surface area contributed by atoms with Crippen molar-refractivity contribution >= 4 is 66.3 Å².